The van der Waals surface area contributed by atoms with E-state index in [1.54, 1.807) is 36.3 Å². The molecule has 4 rings (SSSR count). The maximum atomic E-state index is 11.7. The van der Waals surface area contributed by atoms with Crippen LogP contribution in [-0.2, 0) is 11.4 Å². The summed E-state index contributed by atoms with van der Waals surface area (Å²) < 4.78 is 11.6. The lowest BCUT2D eigenvalue weighted by Gasteiger charge is -2.38. The van der Waals surface area contributed by atoms with Crippen molar-refractivity contribution in [1.82, 2.24) is 14.9 Å². The third-order valence-corrected chi connectivity index (χ3v) is 5.40. The summed E-state index contributed by atoms with van der Waals surface area (Å²) in [5.74, 6) is 1.53. The lowest BCUT2D eigenvalue weighted by atomic mass is 10.1. The molecule has 2 N–H and O–H groups in total. The second kappa shape index (κ2) is 8.79. The fraction of sp³-hybridized carbons (Fsp3) is 0.227. The molecule has 0 radical (unpaired) electrons. The molecule has 1 amide bonds. The molecule has 3 aromatic rings. The molecule has 2 aromatic carbocycles. The molecule has 8 nitrogen and oxygen atoms in total. The number of methoxy groups -OCH3 is 1. The highest BCUT2D eigenvalue weighted by molar-refractivity contribution is 6.31. The lowest BCUT2D eigenvalue weighted by molar-refractivity contribution is -0.134. The van der Waals surface area contributed by atoms with Gasteiger partial charge in [0.15, 0.2) is 11.5 Å². The molecule has 1 aromatic heterocycles. The molecule has 2 heterocycles. The molecule has 0 atom stereocenters. The summed E-state index contributed by atoms with van der Waals surface area (Å²) in [7, 11) is 1.56. The van der Waals surface area contributed by atoms with Crippen LogP contribution in [0, 0.1) is 0 Å². The third-order valence-electron chi connectivity index (χ3n) is 5.03. The van der Waals surface area contributed by atoms with Crippen molar-refractivity contribution in [3.63, 3.8) is 0 Å². The van der Waals surface area contributed by atoms with Crippen LogP contribution >= 0.6 is 11.6 Å². The Kier molecular flexibility index (Phi) is 5.92. The van der Waals surface area contributed by atoms with Gasteiger partial charge in [0, 0.05) is 22.2 Å². The van der Waals surface area contributed by atoms with Gasteiger partial charge in [-0.05, 0) is 35.9 Å². The van der Waals surface area contributed by atoms with E-state index in [2.05, 4.69) is 21.9 Å². The maximum absolute atomic E-state index is 11.7. The number of likely N-dealkylation sites (tertiary alicyclic amines) is 1. The van der Waals surface area contributed by atoms with Gasteiger partial charge in [0.1, 0.15) is 18.2 Å². The van der Waals surface area contributed by atoms with Gasteiger partial charge in [-0.3, -0.25) is 4.79 Å². The number of benzene rings is 2. The van der Waals surface area contributed by atoms with E-state index in [4.69, 9.17) is 21.1 Å². The number of amides is 1. The molecule has 0 spiro atoms. The number of carbonyl (C=O) groups is 1. The van der Waals surface area contributed by atoms with Gasteiger partial charge < -0.3 is 24.8 Å². The number of anilines is 2. The van der Waals surface area contributed by atoms with Crippen molar-refractivity contribution in [3.8, 4) is 11.5 Å². The summed E-state index contributed by atoms with van der Waals surface area (Å²) in [5, 5.41) is 13.9. The highest BCUT2D eigenvalue weighted by Crippen LogP contribution is 2.36. The number of rotatable bonds is 7. The fourth-order valence-electron chi connectivity index (χ4n) is 3.33. The van der Waals surface area contributed by atoms with Crippen molar-refractivity contribution < 1.29 is 19.4 Å². The van der Waals surface area contributed by atoms with Crippen LogP contribution in [0.5, 0.6) is 11.5 Å². The first-order valence-electron chi connectivity index (χ1n) is 9.59. The standard InChI is InChI=1S/C22H21ClN4O4/c1-3-21(29)27-9-15(10-27)31-20-7-16-18(8-19(20)30-2)24-12-25-22(16)26-14-4-5-17(23)13(6-14)11-28/h3-8,12,15,28H,1,9-11H2,2H3,(H,24,25,26). The Morgan fingerprint density at radius 1 is 1.32 bits per heavy atom. The second-order valence-corrected chi connectivity index (χ2v) is 7.43. The van der Waals surface area contributed by atoms with Gasteiger partial charge in [0.25, 0.3) is 0 Å². The molecule has 1 aliphatic rings. The summed E-state index contributed by atoms with van der Waals surface area (Å²) >= 11 is 6.08. The van der Waals surface area contributed by atoms with Crippen LogP contribution in [0.15, 0.2) is 49.3 Å². The van der Waals surface area contributed by atoms with Gasteiger partial charge in [-0.25, -0.2) is 9.97 Å². The highest BCUT2D eigenvalue weighted by atomic mass is 35.5. The molecular formula is C22H21ClN4O4. The van der Waals surface area contributed by atoms with Gasteiger partial charge in [0.05, 0.1) is 32.3 Å². The minimum atomic E-state index is -0.166. The Morgan fingerprint density at radius 2 is 2.13 bits per heavy atom. The lowest BCUT2D eigenvalue weighted by Crippen LogP contribution is -2.55. The van der Waals surface area contributed by atoms with Crippen molar-refractivity contribution in [2.24, 2.45) is 0 Å². The summed E-state index contributed by atoms with van der Waals surface area (Å²) in [5.41, 5.74) is 2.01. The first kappa shape index (κ1) is 20.9. The highest BCUT2D eigenvalue weighted by Gasteiger charge is 2.31. The zero-order chi connectivity index (χ0) is 22.0. The van der Waals surface area contributed by atoms with Crippen LogP contribution in [0.3, 0.4) is 0 Å². The number of nitrogens with one attached hydrogen (secondary N) is 1. The van der Waals surface area contributed by atoms with Gasteiger partial charge >= 0.3 is 0 Å². The van der Waals surface area contributed by atoms with Crippen molar-refractivity contribution in [2.45, 2.75) is 12.7 Å². The minimum Gasteiger partial charge on any atom is -0.493 e. The summed E-state index contributed by atoms with van der Waals surface area (Å²) in [4.78, 5) is 22.0. The number of aromatic nitrogens is 2. The van der Waals surface area contributed by atoms with Crippen LogP contribution in [0.4, 0.5) is 11.5 Å². The first-order chi connectivity index (χ1) is 15.0. The van der Waals surface area contributed by atoms with E-state index in [1.807, 2.05) is 6.07 Å². The smallest absolute Gasteiger partial charge is 0.246 e. The summed E-state index contributed by atoms with van der Waals surface area (Å²) in [6.45, 7) is 4.30. The normalized spacial score (nSPS) is 13.6. The van der Waals surface area contributed by atoms with Gasteiger partial charge in [-0.15, -0.1) is 0 Å². The molecule has 1 aliphatic heterocycles. The van der Waals surface area contributed by atoms with E-state index >= 15 is 0 Å². The Hall–Kier alpha value is -3.36. The Bertz CT molecular complexity index is 1150. The number of carbonyl (C=O) groups excluding carboxylic acids is 1. The average molecular weight is 441 g/mol. The van der Waals surface area contributed by atoms with Crippen molar-refractivity contribution in [1.29, 1.82) is 0 Å². The number of nitrogens with zero attached hydrogens (tertiary/aromatic N) is 3. The fourth-order valence-corrected chi connectivity index (χ4v) is 3.50. The van der Waals surface area contributed by atoms with Gasteiger partial charge in [-0.1, -0.05) is 18.2 Å². The zero-order valence-corrected chi connectivity index (χ0v) is 17.6. The van der Waals surface area contributed by atoms with E-state index < -0.39 is 0 Å². The Balaban J connectivity index is 1.63. The molecular weight excluding hydrogens is 420 g/mol. The molecule has 9 heteroatoms. The number of hydrogen-bond donors (Lipinski definition) is 2. The largest absolute Gasteiger partial charge is 0.493 e. The van der Waals surface area contributed by atoms with Crippen molar-refractivity contribution in [2.75, 3.05) is 25.5 Å². The van der Waals surface area contributed by atoms with E-state index in [1.165, 1.54) is 12.4 Å². The van der Waals surface area contributed by atoms with Crippen LogP contribution in [0.2, 0.25) is 5.02 Å². The van der Waals surface area contributed by atoms with E-state index in [0.717, 1.165) is 11.1 Å². The number of aliphatic hydroxyl groups excluding tert-OH is 1. The molecule has 1 saturated heterocycles. The minimum absolute atomic E-state index is 0.115. The second-order valence-electron chi connectivity index (χ2n) is 7.02. The monoisotopic (exact) mass is 440 g/mol. The Labute approximate surface area is 184 Å². The van der Waals surface area contributed by atoms with Crippen molar-refractivity contribution >= 4 is 39.9 Å². The number of halogens is 1. The molecule has 0 bridgehead atoms. The molecule has 0 unspecified atom stereocenters. The SMILES string of the molecule is C=CC(=O)N1CC(Oc2cc3c(Nc4ccc(Cl)c(CO)c4)ncnc3cc2OC)C1. The molecule has 0 saturated carbocycles. The average Bonchev–Trinajstić information content (AvgIpc) is 2.76. The number of hydrogen-bond acceptors (Lipinski definition) is 7. The van der Waals surface area contributed by atoms with Gasteiger partial charge in [0.2, 0.25) is 5.91 Å². The van der Waals surface area contributed by atoms with Crippen molar-refractivity contribution in [3.05, 3.63) is 59.9 Å². The topological polar surface area (TPSA) is 96.8 Å². The molecule has 1 fully saturated rings. The predicted molar refractivity (Wildman–Crippen MR) is 118 cm³/mol. The van der Waals surface area contributed by atoms with E-state index in [9.17, 15) is 9.90 Å². The number of aliphatic hydroxyl groups is 1. The Morgan fingerprint density at radius 3 is 2.84 bits per heavy atom. The van der Waals surface area contributed by atoms with Crippen LogP contribution in [-0.4, -0.2) is 52.2 Å². The third kappa shape index (κ3) is 4.26. The van der Waals surface area contributed by atoms with E-state index in [-0.39, 0.29) is 18.6 Å². The summed E-state index contributed by atoms with van der Waals surface area (Å²) in [6.07, 6.45) is 2.61. The quantitative estimate of drug-likeness (QED) is 0.544. The molecule has 0 aliphatic carbocycles. The van der Waals surface area contributed by atoms with Crippen LogP contribution in [0.1, 0.15) is 5.56 Å². The zero-order valence-electron chi connectivity index (χ0n) is 16.8. The molecule has 160 valence electrons. The van der Waals surface area contributed by atoms with Gasteiger partial charge in [-0.2, -0.15) is 0 Å². The molecule has 31 heavy (non-hydrogen) atoms. The van der Waals surface area contributed by atoms with Crippen LogP contribution < -0.4 is 14.8 Å². The first-order valence-corrected chi connectivity index (χ1v) is 9.97. The predicted octanol–water partition coefficient (Wildman–Crippen LogP) is 3.30. The number of fused-ring (bicyclic) bond motifs is 1. The summed E-state index contributed by atoms with van der Waals surface area (Å²) in [6, 6.07) is 8.87. The number of ether oxygens (including phenoxy) is 2. The van der Waals surface area contributed by atoms with Crippen LogP contribution in [0.25, 0.3) is 10.9 Å². The van der Waals surface area contributed by atoms with E-state index in [0.29, 0.717) is 46.5 Å². The maximum Gasteiger partial charge on any atom is 0.246 e.